The van der Waals surface area contributed by atoms with Crippen LogP contribution in [0.1, 0.15) is 80.1 Å². The predicted octanol–water partition coefficient (Wildman–Crippen LogP) is 10.1. The largest absolute Gasteiger partial charge is 0.365 e. The van der Waals surface area contributed by atoms with Crippen LogP contribution in [0.5, 0.6) is 0 Å². The number of rotatable bonds is 26. The standard InChI is InChI=1S/C25H39N7O3SSi.C19H25N7O2S.C16H20FN5OSi.C9H20N2O2S/c1-19(2)17-36(33,34)31-11-7-8-20(16-31)29-24-21(9-6-10-26-24)22-14-27-25-23(30-22)15-28-32(25)18-35-12-13-37(3,4)5;1-13(2)12-29(27,28)26-8-4-5-14(11-26)23-18-15(6-3-7-20-18)16-9-21-19-17(24-16)10-22-25-19;1-24(2,3)8-7-23-11-22-16-14(10-20-22)21-13(9-19-16)12-5-4-6-18-15(12)17;1-8(2)7-14(12,13)11-5-3-4-9(10)6-11/h6,9-10,14-15,19-20H,7-8,11-13,16-18H2,1-5H3,(H,26,29);3,6-7,9-10,13-14H,4-5,8,11-12H2,1-2H3,(H,20,23)(H,21,22,25);4-6,9-10H,7-8,11H2,1-3H3;8-9H,3-7,10H2,1-2H3/t20-;14-;;9-/m00.0/s1. The van der Waals surface area contributed by atoms with E-state index in [2.05, 4.69) is 110 Å². The number of piperidine rings is 3. The fourth-order valence-corrected chi connectivity index (χ4v) is 19.1. The number of ether oxygens (including phenoxy) is 2. The Balaban J connectivity index is 0.000000168. The number of halogens is 1. The lowest BCUT2D eigenvalue weighted by Gasteiger charge is -2.33. The molecule has 29 nitrogen and oxygen atoms in total. The number of H-pyrrole nitrogens is 1. The van der Waals surface area contributed by atoms with Gasteiger partial charge in [0.25, 0.3) is 0 Å². The Labute approximate surface area is 613 Å². The van der Waals surface area contributed by atoms with E-state index >= 15 is 0 Å². The second-order valence-corrected chi connectivity index (χ2v) is 47.7. The second kappa shape index (κ2) is 36.3. The maximum atomic E-state index is 13.8. The number of nitrogens with zero attached hydrogens (tertiary/aromatic N) is 17. The van der Waals surface area contributed by atoms with E-state index in [-0.39, 0.29) is 53.1 Å². The summed E-state index contributed by atoms with van der Waals surface area (Å²) in [6, 6.07) is 13.1. The Kier molecular flexibility index (Phi) is 28.2. The lowest BCUT2D eigenvalue weighted by Crippen LogP contribution is -2.46. The highest BCUT2D eigenvalue weighted by Gasteiger charge is 2.33. The molecule has 0 spiro atoms. The van der Waals surface area contributed by atoms with Crippen LogP contribution in [0.2, 0.25) is 51.4 Å². The van der Waals surface area contributed by atoms with Crippen LogP contribution in [-0.4, -0.2) is 217 Å². The molecule has 3 fully saturated rings. The van der Waals surface area contributed by atoms with Crippen LogP contribution >= 0.6 is 0 Å². The van der Waals surface area contributed by atoms with Crippen molar-refractivity contribution >= 4 is 91.3 Å². The zero-order valence-electron chi connectivity index (χ0n) is 62.0. The fourth-order valence-electron chi connectivity index (χ4n) is 11.9. The summed E-state index contributed by atoms with van der Waals surface area (Å²) in [6.07, 6.45) is 19.9. The van der Waals surface area contributed by atoms with Crippen molar-refractivity contribution in [2.24, 2.45) is 23.5 Å². The molecule has 3 saturated heterocycles. The molecule has 5 N–H and O–H groups in total. The van der Waals surface area contributed by atoms with E-state index in [0.717, 1.165) is 61.7 Å². The Morgan fingerprint density at radius 1 is 0.529 bits per heavy atom. The zero-order chi connectivity index (χ0) is 75.0. The molecule has 104 heavy (non-hydrogen) atoms. The summed E-state index contributed by atoms with van der Waals surface area (Å²) in [4.78, 5) is 39.8. The molecular weight excluding hydrogens is 1420 g/mol. The van der Waals surface area contributed by atoms with Crippen molar-refractivity contribution in [1.82, 2.24) is 87.5 Å². The van der Waals surface area contributed by atoms with Crippen molar-refractivity contribution in [3.05, 3.63) is 98.1 Å². The van der Waals surface area contributed by atoms with Gasteiger partial charge in [-0.1, -0.05) is 80.8 Å². The molecule has 12 heterocycles. The maximum absolute atomic E-state index is 13.8. The number of fused-ring (bicyclic) bond motifs is 3. The van der Waals surface area contributed by atoms with Gasteiger partial charge in [-0.05, 0) is 105 Å². The molecule has 35 heteroatoms. The molecule has 9 aromatic heterocycles. The van der Waals surface area contributed by atoms with E-state index < -0.39 is 52.2 Å². The van der Waals surface area contributed by atoms with Gasteiger partial charge in [-0.3, -0.25) is 5.10 Å². The first-order chi connectivity index (χ1) is 49.3. The lowest BCUT2D eigenvalue weighted by molar-refractivity contribution is 0.0812. The zero-order valence-corrected chi connectivity index (χ0v) is 66.5. The van der Waals surface area contributed by atoms with Gasteiger partial charge < -0.3 is 25.8 Å². The third kappa shape index (κ3) is 23.6. The highest BCUT2D eigenvalue weighted by molar-refractivity contribution is 7.89. The molecule has 3 atom stereocenters. The van der Waals surface area contributed by atoms with Crippen LogP contribution in [0, 0.1) is 23.7 Å². The Morgan fingerprint density at radius 3 is 1.37 bits per heavy atom. The second-order valence-electron chi connectivity index (χ2n) is 30.4. The van der Waals surface area contributed by atoms with Crippen LogP contribution in [0.4, 0.5) is 16.0 Å². The van der Waals surface area contributed by atoms with Crippen molar-refractivity contribution in [1.29, 1.82) is 0 Å². The Bertz CT molecular complexity index is 4620. The van der Waals surface area contributed by atoms with Gasteiger partial charge in [0, 0.05) is 116 Å². The number of hydrogen-bond donors (Lipinski definition) is 4. The van der Waals surface area contributed by atoms with E-state index in [0.29, 0.717) is 134 Å². The van der Waals surface area contributed by atoms with E-state index in [1.807, 2.05) is 65.8 Å². The third-order valence-corrected chi connectivity index (χ3v) is 27.2. The Hall–Kier alpha value is -7.33. The van der Waals surface area contributed by atoms with E-state index in [1.165, 1.54) is 12.4 Å². The first kappa shape index (κ1) is 80.8. The minimum atomic E-state index is -3.28. The molecule has 3 aliphatic heterocycles. The van der Waals surface area contributed by atoms with Gasteiger partial charge in [-0.15, -0.1) is 0 Å². The summed E-state index contributed by atoms with van der Waals surface area (Å²) < 4.78 is 108. The van der Waals surface area contributed by atoms with Gasteiger partial charge in [0.05, 0.1) is 77.1 Å². The fraction of sp³-hybridized carbons (Fsp3) is 0.565. The Morgan fingerprint density at radius 2 is 0.933 bits per heavy atom. The van der Waals surface area contributed by atoms with Gasteiger partial charge in [0.15, 0.2) is 16.9 Å². The minimum absolute atomic E-state index is 0.00930. The van der Waals surface area contributed by atoms with Crippen LogP contribution in [0.15, 0.2) is 92.2 Å². The van der Waals surface area contributed by atoms with Crippen molar-refractivity contribution < 1.29 is 39.1 Å². The van der Waals surface area contributed by atoms with E-state index in [9.17, 15) is 29.6 Å². The summed E-state index contributed by atoms with van der Waals surface area (Å²) in [7, 11) is -11.8. The van der Waals surface area contributed by atoms with Gasteiger partial charge in [0.2, 0.25) is 36.0 Å². The van der Waals surface area contributed by atoms with E-state index in [4.69, 9.17) is 20.2 Å². The number of aromatic amines is 1. The van der Waals surface area contributed by atoms with Crippen molar-refractivity contribution in [3.63, 3.8) is 0 Å². The molecule has 0 saturated carbocycles. The smallest absolute Gasteiger partial charge is 0.222 e. The SMILES string of the molecule is CC(C)CS(=O)(=O)N1CCC[C@H](N)C1.CC(C)CS(=O)(=O)N1CCC[C@H](Nc2ncccc2-c2cnc3[nH]ncc3n2)C1.CC(C)CS(=O)(=O)N1CCC[C@H](Nc2ncccc2-c2cnc3c(cnn3COCC[Si](C)(C)C)n2)C1.C[Si](C)(C)CCOCn1ncc2nc(-c3cccnc3F)cnc21. The summed E-state index contributed by atoms with van der Waals surface area (Å²) in [6.45, 7) is 30.7. The topological polar surface area (TPSA) is 361 Å². The molecule has 0 amide bonds. The first-order valence-corrected chi connectivity index (χ1v) is 48.0. The average Bonchev–Trinajstić information content (AvgIpc) is 1.61. The van der Waals surface area contributed by atoms with Crippen molar-refractivity contribution in [2.75, 3.05) is 80.4 Å². The number of nitrogens with two attached hydrogens (primary N) is 1. The number of sulfonamides is 3. The normalized spacial score (nSPS) is 17.6. The molecule has 12 rings (SSSR count). The molecule has 0 aromatic carbocycles. The van der Waals surface area contributed by atoms with Gasteiger partial charge in [-0.2, -0.15) is 28.3 Å². The molecule has 0 unspecified atom stereocenters. The average molecular weight is 1530 g/mol. The van der Waals surface area contributed by atoms with Crippen LogP contribution in [0.3, 0.4) is 0 Å². The summed E-state index contributed by atoms with van der Waals surface area (Å²) in [5, 5.41) is 22.3. The summed E-state index contributed by atoms with van der Waals surface area (Å²) in [5.74, 6) is 1.74. The molecule has 0 aliphatic carbocycles. The van der Waals surface area contributed by atoms with Crippen molar-refractivity contribution in [2.45, 2.75) is 163 Å². The number of aromatic nitrogens is 15. The lowest BCUT2D eigenvalue weighted by atomic mass is 10.1. The monoisotopic (exact) mass is 1530 g/mol. The van der Waals surface area contributed by atoms with Gasteiger partial charge in [0.1, 0.15) is 41.6 Å². The molecule has 0 bridgehead atoms. The molecule has 3 aliphatic rings. The number of nitrogens with one attached hydrogen (secondary N) is 3. The van der Waals surface area contributed by atoms with Gasteiger partial charge >= 0.3 is 0 Å². The van der Waals surface area contributed by atoms with Gasteiger partial charge in [-0.25, -0.2) is 83.8 Å². The molecule has 9 aromatic rings. The van der Waals surface area contributed by atoms with Crippen LogP contribution in [-0.2, 0) is 53.0 Å². The highest BCUT2D eigenvalue weighted by atomic mass is 32.2. The van der Waals surface area contributed by atoms with Crippen molar-refractivity contribution in [3.8, 4) is 33.8 Å². The van der Waals surface area contributed by atoms with Crippen LogP contribution < -0.4 is 16.4 Å². The van der Waals surface area contributed by atoms with Crippen LogP contribution in [0.25, 0.3) is 67.3 Å². The predicted molar refractivity (Wildman–Crippen MR) is 411 cm³/mol. The first-order valence-electron chi connectivity index (χ1n) is 35.7. The quantitative estimate of drug-likeness (QED) is 0.0222. The number of hydrogen-bond acceptors (Lipinski definition) is 23. The molecule has 566 valence electrons. The highest BCUT2D eigenvalue weighted by Crippen LogP contribution is 2.31. The minimum Gasteiger partial charge on any atom is -0.365 e. The molecule has 0 radical (unpaired) electrons. The number of pyridine rings is 3. The molecular formula is C69H104FN21O8S3Si2. The summed E-state index contributed by atoms with van der Waals surface area (Å²) >= 11 is 0. The maximum Gasteiger partial charge on any atom is 0.222 e. The summed E-state index contributed by atoms with van der Waals surface area (Å²) in [5.41, 5.74) is 13.4. The number of anilines is 2. The van der Waals surface area contributed by atoms with E-state index in [1.54, 1.807) is 77.8 Å². The third-order valence-electron chi connectivity index (χ3n) is 17.1.